The number of hydrogen-bond donors (Lipinski definition) is 1. The second-order valence-electron chi connectivity index (χ2n) is 4.87. The van der Waals surface area contributed by atoms with Crippen molar-refractivity contribution in [1.29, 1.82) is 0 Å². The molecule has 0 bridgehead atoms. The summed E-state index contributed by atoms with van der Waals surface area (Å²) in [7, 11) is -1.49. The zero-order chi connectivity index (χ0) is 14.5. The van der Waals surface area contributed by atoms with Gasteiger partial charge in [-0.25, -0.2) is 8.78 Å². The smallest absolute Gasteiger partial charge is 0.142 e. The highest BCUT2D eigenvalue weighted by molar-refractivity contribution is 7.85. The summed E-state index contributed by atoms with van der Waals surface area (Å²) in [5, 5.41) is 3.29. The fraction of sp³-hybridized carbons (Fsp3) is 0.571. The van der Waals surface area contributed by atoms with Gasteiger partial charge in [0.15, 0.2) is 0 Å². The van der Waals surface area contributed by atoms with Crippen LogP contribution in [0.4, 0.5) is 8.78 Å². The summed E-state index contributed by atoms with van der Waals surface area (Å²) in [5.74, 6) is -0.802. The van der Waals surface area contributed by atoms with Gasteiger partial charge in [-0.05, 0) is 25.1 Å². The monoisotopic (exact) mass is 303 g/mol. The number of benzene rings is 1. The lowest BCUT2D eigenvalue weighted by Gasteiger charge is -2.22. The van der Waals surface area contributed by atoms with Crippen LogP contribution in [0.15, 0.2) is 23.1 Å². The van der Waals surface area contributed by atoms with Gasteiger partial charge in [0.05, 0.1) is 22.3 Å². The van der Waals surface area contributed by atoms with Crippen molar-refractivity contribution in [3.8, 4) is 0 Å². The molecule has 1 heterocycles. The van der Waals surface area contributed by atoms with Crippen molar-refractivity contribution >= 4 is 10.8 Å². The molecule has 1 N–H and O–H groups in total. The Bertz CT molecular complexity index is 478. The summed E-state index contributed by atoms with van der Waals surface area (Å²) in [6.45, 7) is 4.08. The molecule has 1 fully saturated rings. The predicted octanol–water partition coefficient (Wildman–Crippen LogP) is 2.09. The van der Waals surface area contributed by atoms with E-state index in [-0.39, 0.29) is 10.9 Å². The molecule has 1 aromatic rings. The van der Waals surface area contributed by atoms with Crippen LogP contribution >= 0.6 is 0 Å². The normalized spacial score (nSPS) is 21.9. The molecule has 0 saturated carbocycles. The standard InChI is InChI=1S/C14H19F2NO2S/c1-2-17-13(10-5-6-19-8-10)9-20(18)14-4-3-11(15)7-12(14)16/h3-4,7,10,13,17H,2,5-6,8-9H2,1H3. The van der Waals surface area contributed by atoms with Crippen molar-refractivity contribution in [2.24, 2.45) is 5.92 Å². The second kappa shape index (κ2) is 7.24. The Morgan fingerprint density at radius 2 is 2.30 bits per heavy atom. The van der Waals surface area contributed by atoms with Gasteiger partial charge in [0.1, 0.15) is 11.6 Å². The van der Waals surface area contributed by atoms with Crippen LogP contribution in [0.5, 0.6) is 0 Å². The van der Waals surface area contributed by atoms with Crippen LogP contribution in [0.2, 0.25) is 0 Å². The van der Waals surface area contributed by atoms with Crippen molar-refractivity contribution in [3.63, 3.8) is 0 Å². The van der Waals surface area contributed by atoms with Gasteiger partial charge in [-0.15, -0.1) is 0 Å². The maximum Gasteiger partial charge on any atom is 0.142 e. The molecular weight excluding hydrogens is 284 g/mol. The van der Waals surface area contributed by atoms with Crippen molar-refractivity contribution in [1.82, 2.24) is 5.32 Å². The van der Waals surface area contributed by atoms with Crippen LogP contribution in [0.3, 0.4) is 0 Å². The van der Waals surface area contributed by atoms with E-state index in [0.717, 1.165) is 25.1 Å². The molecule has 20 heavy (non-hydrogen) atoms. The molecule has 3 unspecified atom stereocenters. The minimum Gasteiger partial charge on any atom is -0.381 e. The predicted molar refractivity (Wildman–Crippen MR) is 74.0 cm³/mol. The molecule has 3 nitrogen and oxygen atoms in total. The van der Waals surface area contributed by atoms with Gasteiger partial charge in [-0.2, -0.15) is 0 Å². The summed E-state index contributed by atoms with van der Waals surface area (Å²) < 4.78 is 44.1. The first-order chi connectivity index (χ1) is 9.61. The lowest BCUT2D eigenvalue weighted by molar-refractivity contribution is 0.179. The molecule has 1 aliphatic heterocycles. The van der Waals surface area contributed by atoms with Gasteiger partial charge >= 0.3 is 0 Å². The largest absolute Gasteiger partial charge is 0.381 e. The number of hydrogen-bond acceptors (Lipinski definition) is 3. The zero-order valence-electron chi connectivity index (χ0n) is 11.4. The van der Waals surface area contributed by atoms with Crippen LogP contribution in [0, 0.1) is 17.6 Å². The molecule has 2 rings (SSSR count). The zero-order valence-corrected chi connectivity index (χ0v) is 12.2. The summed E-state index contributed by atoms with van der Waals surface area (Å²) >= 11 is 0. The molecule has 1 aromatic carbocycles. The summed E-state index contributed by atoms with van der Waals surface area (Å²) in [6, 6.07) is 3.19. The second-order valence-corrected chi connectivity index (χ2v) is 6.34. The van der Waals surface area contributed by atoms with Crippen LogP contribution in [-0.2, 0) is 15.5 Å². The summed E-state index contributed by atoms with van der Waals surface area (Å²) in [4.78, 5) is 0.0632. The number of rotatable bonds is 6. The van der Waals surface area contributed by atoms with Gasteiger partial charge < -0.3 is 10.1 Å². The molecular formula is C14H19F2NO2S. The summed E-state index contributed by atoms with van der Waals surface area (Å²) in [6.07, 6.45) is 0.917. The van der Waals surface area contributed by atoms with Crippen molar-refractivity contribution in [2.75, 3.05) is 25.5 Å². The van der Waals surface area contributed by atoms with Crippen LogP contribution in [-0.4, -0.2) is 35.8 Å². The van der Waals surface area contributed by atoms with E-state index in [1.54, 1.807) is 0 Å². The van der Waals surface area contributed by atoms with E-state index in [9.17, 15) is 13.0 Å². The van der Waals surface area contributed by atoms with E-state index in [4.69, 9.17) is 4.74 Å². The molecule has 1 aliphatic rings. The van der Waals surface area contributed by atoms with E-state index in [0.29, 0.717) is 24.9 Å². The number of nitrogens with one attached hydrogen (secondary N) is 1. The Balaban J connectivity index is 2.07. The third-order valence-electron chi connectivity index (χ3n) is 3.47. The third-order valence-corrected chi connectivity index (χ3v) is 4.95. The first-order valence-electron chi connectivity index (χ1n) is 6.76. The molecule has 0 radical (unpaired) electrons. The number of halogens is 2. The Morgan fingerprint density at radius 3 is 2.90 bits per heavy atom. The highest BCUT2D eigenvalue weighted by atomic mass is 32.2. The van der Waals surface area contributed by atoms with E-state index >= 15 is 0 Å². The van der Waals surface area contributed by atoms with E-state index in [1.807, 2.05) is 6.92 Å². The van der Waals surface area contributed by atoms with Gasteiger partial charge in [-0.3, -0.25) is 4.21 Å². The molecule has 112 valence electrons. The molecule has 0 amide bonds. The molecule has 0 aliphatic carbocycles. The average molecular weight is 303 g/mol. The van der Waals surface area contributed by atoms with Gasteiger partial charge in [0.2, 0.25) is 0 Å². The van der Waals surface area contributed by atoms with Gasteiger partial charge in [0.25, 0.3) is 0 Å². The topological polar surface area (TPSA) is 38.3 Å². The van der Waals surface area contributed by atoms with Crippen molar-refractivity contribution in [3.05, 3.63) is 29.8 Å². The van der Waals surface area contributed by atoms with E-state index < -0.39 is 22.4 Å². The SMILES string of the molecule is CCNC(CS(=O)c1ccc(F)cc1F)C1CCOC1. The highest BCUT2D eigenvalue weighted by Gasteiger charge is 2.27. The molecule has 3 atom stereocenters. The Kier molecular flexibility index (Phi) is 5.63. The first-order valence-corrected chi connectivity index (χ1v) is 8.08. The van der Waals surface area contributed by atoms with Crippen molar-refractivity contribution < 1.29 is 17.7 Å². The lowest BCUT2D eigenvalue weighted by Crippen LogP contribution is -2.40. The van der Waals surface area contributed by atoms with Crippen molar-refractivity contribution in [2.45, 2.75) is 24.3 Å². The average Bonchev–Trinajstić information content (AvgIpc) is 2.91. The van der Waals surface area contributed by atoms with Gasteiger partial charge in [-0.1, -0.05) is 6.92 Å². The molecule has 0 aromatic heterocycles. The minimum absolute atomic E-state index is 0.0211. The number of ether oxygens (including phenoxy) is 1. The van der Waals surface area contributed by atoms with Crippen LogP contribution in [0.25, 0.3) is 0 Å². The Hall–Kier alpha value is -0.850. The fourth-order valence-electron chi connectivity index (χ4n) is 2.41. The van der Waals surface area contributed by atoms with Crippen LogP contribution < -0.4 is 5.32 Å². The minimum atomic E-state index is -1.49. The van der Waals surface area contributed by atoms with Gasteiger partial charge in [0, 0.05) is 30.4 Å². The lowest BCUT2D eigenvalue weighted by atomic mass is 10.0. The fourth-order valence-corrected chi connectivity index (χ4v) is 3.80. The Labute approximate surface area is 120 Å². The van der Waals surface area contributed by atoms with E-state index in [2.05, 4.69) is 5.32 Å². The Morgan fingerprint density at radius 1 is 1.50 bits per heavy atom. The first kappa shape index (κ1) is 15.5. The van der Waals surface area contributed by atoms with Crippen LogP contribution in [0.1, 0.15) is 13.3 Å². The molecule has 6 heteroatoms. The molecule has 1 saturated heterocycles. The summed E-state index contributed by atoms with van der Waals surface area (Å²) in [5.41, 5.74) is 0. The maximum absolute atomic E-state index is 13.6. The van der Waals surface area contributed by atoms with E-state index in [1.165, 1.54) is 6.07 Å². The third kappa shape index (κ3) is 3.84. The maximum atomic E-state index is 13.6. The quantitative estimate of drug-likeness (QED) is 0.874. The highest BCUT2D eigenvalue weighted by Crippen LogP contribution is 2.20. The molecule has 0 spiro atoms.